The van der Waals surface area contributed by atoms with Gasteiger partial charge < -0.3 is 15.3 Å². The molecule has 0 radical (unpaired) electrons. The van der Waals surface area contributed by atoms with E-state index in [9.17, 15) is 19.2 Å². The molecule has 7 heteroatoms. The number of amides is 2. The van der Waals surface area contributed by atoms with Gasteiger partial charge in [-0.25, -0.2) is 0 Å². The van der Waals surface area contributed by atoms with Gasteiger partial charge in [-0.3, -0.25) is 19.2 Å². The van der Waals surface area contributed by atoms with E-state index >= 15 is 0 Å². The molecule has 1 heterocycles. The second-order valence-electron chi connectivity index (χ2n) is 8.11. The molecule has 4 rings (SSSR count). The van der Waals surface area contributed by atoms with E-state index in [1.807, 2.05) is 24.3 Å². The van der Waals surface area contributed by atoms with Gasteiger partial charge in [0, 0.05) is 19.5 Å². The van der Waals surface area contributed by atoms with Gasteiger partial charge in [-0.1, -0.05) is 48.5 Å². The highest BCUT2D eigenvalue weighted by Gasteiger charge is 2.40. The third-order valence-corrected chi connectivity index (χ3v) is 5.80. The van der Waals surface area contributed by atoms with Crippen LogP contribution >= 0.6 is 0 Å². The average Bonchev–Trinajstić information content (AvgIpc) is 3.60. The van der Waals surface area contributed by atoms with Crippen LogP contribution in [0.1, 0.15) is 36.3 Å². The number of carbonyl (C=O) groups is 4. The van der Waals surface area contributed by atoms with Crippen LogP contribution in [0.2, 0.25) is 0 Å². The van der Waals surface area contributed by atoms with Crippen LogP contribution < -0.4 is 5.32 Å². The van der Waals surface area contributed by atoms with Crippen molar-refractivity contribution in [2.45, 2.75) is 31.7 Å². The molecule has 0 spiro atoms. The largest absolute Gasteiger partial charge is 0.480 e. The van der Waals surface area contributed by atoms with Crippen LogP contribution in [-0.4, -0.2) is 46.7 Å². The first kappa shape index (κ1) is 20.8. The topological polar surface area (TPSA) is 104 Å². The van der Waals surface area contributed by atoms with E-state index in [1.165, 1.54) is 23.3 Å². The minimum Gasteiger partial charge on any atom is -0.480 e. The predicted molar refractivity (Wildman–Crippen MR) is 113 cm³/mol. The molecule has 1 aliphatic carbocycles. The minimum atomic E-state index is -1.47. The molecule has 2 amide bonds. The summed E-state index contributed by atoms with van der Waals surface area (Å²) < 4.78 is 0. The smallest absolute Gasteiger partial charge is 0.322 e. The van der Waals surface area contributed by atoms with Crippen LogP contribution in [0.15, 0.2) is 48.5 Å². The summed E-state index contributed by atoms with van der Waals surface area (Å²) >= 11 is 0. The number of carbonyl (C=O) groups excluding carboxylic acids is 3. The summed E-state index contributed by atoms with van der Waals surface area (Å²) in [5, 5.41) is 10.8. The summed E-state index contributed by atoms with van der Waals surface area (Å²) in [6, 6.07) is 16.5. The summed E-state index contributed by atoms with van der Waals surface area (Å²) in [6.45, 7) is -0.0977. The summed E-state index contributed by atoms with van der Waals surface area (Å²) in [6.07, 6.45) is 2.62. The fourth-order valence-electron chi connectivity index (χ4n) is 3.89. The first-order chi connectivity index (χ1) is 14.9. The Hall–Kier alpha value is -3.48. The maximum Gasteiger partial charge on any atom is 0.322 e. The molecule has 2 aromatic rings. The normalized spacial score (nSPS) is 18.7. The zero-order chi connectivity index (χ0) is 22.0. The van der Waals surface area contributed by atoms with Crippen LogP contribution in [0.5, 0.6) is 0 Å². The monoisotopic (exact) mass is 420 g/mol. The van der Waals surface area contributed by atoms with Gasteiger partial charge in [0.05, 0.1) is 0 Å². The molecule has 31 heavy (non-hydrogen) atoms. The van der Waals surface area contributed by atoms with Crippen molar-refractivity contribution in [2.75, 3.05) is 13.1 Å². The highest BCUT2D eigenvalue weighted by atomic mass is 16.4. The number of hydrogen-bond donors (Lipinski definition) is 2. The van der Waals surface area contributed by atoms with Crippen molar-refractivity contribution in [2.24, 2.45) is 5.92 Å². The van der Waals surface area contributed by atoms with Gasteiger partial charge in [0.15, 0.2) is 11.7 Å². The van der Waals surface area contributed by atoms with Gasteiger partial charge in [-0.05, 0) is 41.0 Å². The maximum absolute atomic E-state index is 12.7. The molecule has 2 aliphatic rings. The first-order valence-electron chi connectivity index (χ1n) is 10.4. The third kappa shape index (κ3) is 4.82. The number of nitrogens with zero attached hydrogens (tertiary/aromatic N) is 1. The number of aliphatic carboxylic acids is 1. The molecule has 1 unspecified atom stereocenters. The molecule has 0 bridgehead atoms. The molecular formula is C24H24N2O5. The number of piperidine rings is 1. The maximum atomic E-state index is 12.7. The molecule has 160 valence electrons. The van der Waals surface area contributed by atoms with Crippen molar-refractivity contribution in [1.82, 2.24) is 10.2 Å². The number of likely N-dealkylation sites (tertiary alicyclic amines) is 1. The number of rotatable bonds is 7. The fourth-order valence-corrected chi connectivity index (χ4v) is 3.89. The number of ketones is 1. The van der Waals surface area contributed by atoms with Crippen LogP contribution in [0.25, 0.3) is 11.1 Å². The summed E-state index contributed by atoms with van der Waals surface area (Å²) in [7, 11) is 0. The van der Waals surface area contributed by atoms with Gasteiger partial charge in [0.2, 0.25) is 11.8 Å². The minimum absolute atomic E-state index is 0.0718. The highest BCUT2D eigenvalue weighted by molar-refractivity contribution is 6.19. The van der Waals surface area contributed by atoms with Crippen molar-refractivity contribution in [1.29, 1.82) is 0 Å². The number of Topliss-reactive ketones (excluding diaryl/α,β-unsaturated/α-hetero) is 1. The summed E-state index contributed by atoms with van der Waals surface area (Å²) in [5.74, 6) is -3.90. The second kappa shape index (κ2) is 8.71. The Kier molecular flexibility index (Phi) is 5.84. The molecule has 7 nitrogen and oxygen atoms in total. The lowest BCUT2D eigenvalue weighted by Crippen LogP contribution is -2.52. The summed E-state index contributed by atoms with van der Waals surface area (Å²) in [4.78, 5) is 49.1. The van der Waals surface area contributed by atoms with Gasteiger partial charge in [0.1, 0.15) is 6.54 Å². The van der Waals surface area contributed by atoms with Crippen molar-refractivity contribution < 1.29 is 24.3 Å². The Morgan fingerprint density at radius 3 is 2.16 bits per heavy atom. The number of benzene rings is 2. The van der Waals surface area contributed by atoms with Crippen molar-refractivity contribution >= 4 is 23.6 Å². The van der Waals surface area contributed by atoms with E-state index in [1.54, 1.807) is 0 Å². The van der Waals surface area contributed by atoms with Gasteiger partial charge in [-0.2, -0.15) is 0 Å². The standard InChI is InChI=1S/C24H24N2O5/c27-20-11-12-26(24(31)22(20)23(30)25-13-21(28)29)14-15-1-3-16(4-2-15)17-5-7-18(8-6-17)19-9-10-19/h1-8,19,22H,9-14H2,(H,25,30)(H,28,29). The molecule has 2 fully saturated rings. The van der Waals surface area contributed by atoms with Crippen molar-refractivity contribution in [3.8, 4) is 11.1 Å². The zero-order valence-corrected chi connectivity index (χ0v) is 17.0. The molecule has 1 saturated heterocycles. The number of carboxylic acids is 1. The molecule has 2 N–H and O–H groups in total. The average molecular weight is 420 g/mol. The van der Waals surface area contributed by atoms with E-state index in [2.05, 4.69) is 29.6 Å². The Balaban J connectivity index is 1.41. The molecule has 1 aliphatic heterocycles. The van der Waals surface area contributed by atoms with Gasteiger partial charge in [0.25, 0.3) is 0 Å². The van der Waals surface area contributed by atoms with E-state index in [0.717, 1.165) is 22.6 Å². The molecular weight excluding hydrogens is 396 g/mol. The quantitative estimate of drug-likeness (QED) is 0.669. The van der Waals surface area contributed by atoms with Gasteiger partial charge >= 0.3 is 5.97 Å². The highest BCUT2D eigenvalue weighted by Crippen LogP contribution is 2.40. The van der Waals surface area contributed by atoms with E-state index in [-0.39, 0.29) is 19.5 Å². The second-order valence-corrected chi connectivity index (χ2v) is 8.11. The number of nitrogens with one attached hydrogen (secondary N) is 1. The van der Waals surface area contributed by atoms with Gasteiger partial charge in [-0.15, -0.1) is 0 Å². The van der Waals surface area contributed by atoms with E-state index < -0.39 is 36.0 Å². The Morgan fingerprint density at radius 2 is 1.58 bits per heavy atom. The van der Waals surface area contributed by atoms with Crippen LogP contribution in [-0.2, 0) is 25.7 Å². The van der Waals surface area contributed by atoms with Crippen LogP contribution in [0, 0.1) is 5.92 Å². The predicted octanol–water partition coefficient (Wildman–Crippen LogP) is 2.35. The van der Waals surface area contributed by atoms with Crippen molar-refractivity contribution in [3.63, 3.8) is 0 Å². The zero-order valence-electron chi connectivity index (χ0n) is 17.0. The molecule has 1 atom stereocenters. The van der Waals surface area contributed by atoms with E-state index in [0.29, 0.717) is 0 Å². The Labute approximate surface area is 180 Å². The lowest BCUT2D eigenvalue weighted by atomic mass is 9.94. The number of hydrogen-bond acceptors (Lipinski definition) is 4. The number of carboxylic acid groups (broad SMARTS) is 1. The summed E-state index contributed by atoms with van der Waals surface area (Å²) in [5.41, 5.74) is 4.49. The first-order valence-corrected chi connectivity index (χ1v) is 10.4. The third-order valence-electron chi connectivity index (χ3n) is 5.80. The lowest BCUT2D eigenvalue weighted by Gasteiger charge is -2.30. The molecule has 0 aromatic heterocycles. The Morgan fingerprint density at radius 1 is 0.968 bits per heavy atom. The Bertz CT molecular complexity index is 1010. The van der Waals surface area contributed by atoms with Crippen molar-refractivity contribution in [3.05, 3.63) is 59.7 Å². The van der Waals surface area contributed by atoms with E-state index in [4.69, 9.17) is 5.11 Å². The SMILES string of the molecule is O=C(O)CNC(=O)C1C(=O)CCN(Cc2ccc(-c3ccc(C4CC4)cc3)cc2)C1=O. The molecule has 2 aromatic carbocycles. The lowest BCUT2D eigenvalue weighted by molar-refractivity contribution is -0.152. The molecule has 1 saturated carbocycles. The fraction of sp³-hybridized carbons (Fsp3) is 0.333. The van der Waals surface area contributed by atoms with Crippen LogP contribution in [0.4, 0.5) is 0 Å². The van der Waals surface area contributed by atoms with Crippen LogP contribution in [0.3, 0.4) is 0 Å².